The van der Waals surface area contributed by atoms with Gasteiger partial charge < -0.3 is 9.05 Å². The highest BCUT2D eigenvalue weighted by molar-refractivity contribution is 7.54. The van der Waals surface area contributed by atoms with Gasteiger partial charge in [0, 0.05) is 6.42 Å². The van der Waals surface area contributed by atoms with Gasteiger partial charge in [-0.15, -0.1) is 0 Å². The minimum atomic E-state index is -3.12. The summed E-state index contributed by atoms with van der Waals surface area (Å²) in [7, 11) is -3.12. The molecular formula is C7H15O4P. The van der Waals surface area contributed by atoms with Crippen molar-refractivity contribution in [2.45, 2.75) is 27.2 Å². The molecule has 0 aromatic carbocycles. The van der Waals surface area contributed by atoms with Crippen LogP contribution in [0.15, 0.2) is 0 Å². The Bertz CT molecular complexity index is 190. The third kappa shape index (κ3) is 3.88. The van der Waals surface area contributed by atoms with Crippen molar-refractivity contribution in [1.29, 1.82) is 0 Å². The number of carbonyl (C=O) groups is 1. The fourth-order valence-electron chi connectivity index (χ4n) is 0.599. The SMILES string of the molecule is CCOP(=O)(CC)OC(=O)CC. The summed E-state index contributed by atoms with van der Waals surface area (Å²) in [5.41, 5.74) is 0. The highest BCUT2D eigenvalue weighted by Crippen LogP contribution is 2.47. The van der Waals surface area contributed by atoms with Gasteiger partial charge in [-0.25, -0.2) is 4.57 Å². The summed E-state index contributed by atoms with van der Waals surface area (Å²) in [5, 5.41) is 0. The molecule has 12 heavy (non-hydrogen) atoms. The number of carbonyl (C=O) groups excluding carboxylic acids is 1. The Balaban J connectivity index is 4.14. The van der Waals surface area contributed by atoms with Crippen LogP contribution in [-0.2, 0) is 18.4 Å². The quantitative estimate of drug-likeness (QED) is 0.629. The van der Waals surface area contributed by atoms with Gasteiger partial charge in [0.1, 0.15) is 0 Å². The van der Waals surface area contributed by atoms with Gasteiger partial charge in [0.05, 0.1) is 12.8 Å². The van der Waals surface area contributed by atoms with Crippen LogP contribution in [0.2, 0.25) is 0 Å². The molecule has 0 saturated carbocycles. The molecule has 1 atom stereocenters. The number of hydrogen-bond acceptors (Lipinski definition) is 4. The smallest absolute Gasteiger partial charge is 0.381 e. The molecular weight excluding hydrogens is 179 g/mol. The average molecular weight is 194 g/mol. The first-order valence-electron chi connectivity index (χ1n) is 4.04. The van der Waals surface area contributed by atoms with Crippen LogP contribution in [0.4, 0.5) is 0 Å². The van der Waals surface area contributed by atoms with Crippen molar-refractivity contribution in [3.05, 3.63) is 0 Å². The Hall–Kier alpha value is -0.340. The van der Waals surface area contributed by atoms with Gasteiger partial charge in [-0.05, 0) is 6.92 Å². The van der Waals surface area contributed by atoms with Crippen molar-refractivity contribution >= 4 is 13.6 Å². The van der Waals surface area contributed by atoms with Crippen LogP contribution >= 0.6 is 7.60 Å². The van der Waals surface area contributed by atoms with Crippen molar-refractivity contribution in [3.8, 4) is 0 Å². The molecule has 72 valence electrons. The van der Waals surface area contributed by atoms with Crippen molar-refractivity contribution in [3.63, 3.8) is 0 Å². The van der Waals surface area contributed by atoms with Crippen molar-refractivity contribution in [2.75, 3.05) is 12.8 Å². The molecule has 0 N–H and O–H groups in total. The Labute approximate surface area is 72.8 Å². The first-order valence-corrected chi connectivity index (χ1v) is 5.76. The molecule has 0 amide bonds. The molecule has 0 bridgehead atoms. The molecule has 1 unspecified atom stereocenters. The lowest BCUT2D eigenvalue weighted by atomic mass is 10.5. The summed E-state index contributed by atoms with van der Waals surface area (Å²) in [6.45, 7) is 5.32. The van der Waals surface area contributed by atoms with Crippen LogP contribution < -0.4 is 0 Å². The molecule has 0 saturated heterocycles. The Kier molecular flexibility index (Phi) is 5.18. The zero-order valence-electron chi connectivity index (χ0n) is 7.70. The standard InChI is InChI=1S/C7H15O4P/c1-4-7(8)11-12(9,6-3)10-5-2/h4-6H2,1-3H3. The van der Waals surface area contributed by atoms with E-state index < -0.39 is 13.6 Å². The van der Waals surface area contributed by atoms with Crippen LogP contribution in [0.3, 0.4) is 0 Å². The van der Waals surface area contributed by atoms with E-state index in [0.29, 0.717) is 6.61 Å². The van der Waals surface area contributed by atoms with E-state index in [1.807, 2.05) is 0 Å². The topological polar surface area (TPSA) is 52.6 Å². The van der Waals surface area contributed by atoms with Crippen LogP contribution in [0.5, 0.6) is 0 Å². The van der Waals surface area contributed by atoms with Crippen LogP contribution in [-0.4, -0.2) is 18.7 Å². The van der Waals surface area contributed by atoms with Crippen LogP contribution in [0.1, 0.15) is 27.2 Å². The van der Waals surface area contributed by atoms with E-state index in [4.69, 9.17) is 4.52 Å². The second-order valence-corrected chi connectivity index (χ2v) is 4.46. The fourth-order valence-corrected chi connectivity index (χ4v) is 1.80. The molecule has 0 aliphatic rings. The van der Waals surface area contributed by atoms with Crippen molar-refractivity contribution < 1.29 is 18.4 Å². The molecule has 0 heterocycles. The highest BCUT2D eigenvalue weighted by atomic mass is 31.2. The summed E-state index contributed by atoms with van der Waals surface area (Å²) in [6, 6.07) is 0. The second-order valence-electron chi connectivity index (χ2n) is 2.16. The second kappa shape index (κ2) is 5.33. The number of hydrogen-bond donors (Lipinski definition) is 0. The maximum atomic E-state index is 11.5. The minimum Gasteiger partial charge on any atom is -0.392 e. The van der Waals surface area contributed by atoms with E-state index >= 15 is 0 Å². The largest absolute Gasteiger partial charge is 0.392 e. The Morgan fingerprint density at radius 2 is 1.92 bits per heavy atom. The van der Waals surface area contributed by atoms with Crippen molar-refractivity contribution in [2.24, 2.45) is 0 Å². The summed E-state index contributed by atoms with van der Waals surface area (Å²) in [6.07, 6.45) is 0.448. The monoisotopic (exact) mass is 194 g/mol. The summed E-state index contributed by atoms with van der Waals surface area (Å²) < 4.78 is 21.0. The molecule has 5 heteroatoms. The number of rotatable bonds is 5. The van der Waals surface area contributed by atoms with Crippen molar-refractivity contribution in [1.82, 2.24) is 0 Å². The van der Waals surface area contributed by atoms with E-state index in [-0.39, 0.29) is 12.6 Å². The average Bonchev–Trinajstić information content (AvgIpc) is 2.05. The van der Waals surface area contributed by atoms with Gasteiger partial charge >= 0.3 is 13.6 Å². The fraction of sp³-hybridized carbons (Fsp3) is 0.857. The van der Waals surface area contributed by atoms with Gasteiger partial charge in [-0.1, -0.05) is 13.8 Å². The Morgan fingerprint density at radius 1 is 1.33 bits per heavy atom. The molecule has 0 aromatic heterocycles. The molecule has 0 aliphatic carbocycles. The van der Waals surface area contributed by atoms with E-state index in [2.05, 4.69) is 4.52 Å². The van der Waals surface area contributed by atoms with Crippen LogP contribution in [0, 0.1) is 0 Å². The molecule has 0 rings (SSSR count). The molecule has 0 radical (unpaired) electrons. The first kappa shape index (κ1) is 11.7. The maximum Gasteiger partial charge on any atom is 0.381 e. The highest BCUT2D eigenvalue weighted by Gasteiger charge is 2.24. The Morgan fingerprint density at radius 3 is 2.25 bits per heavy atom. The van der Waals surface area contributed by atoms with Gasteiger partial charge in [0.25, 0.3) is 0 Å². The van der Waals surface area contributed by atoms with Crippen LogP contribution in [0.25, 0.3) is 0 Å². The third-order valence-electron chi connectivity index (χ3n) is 1.24. The molecule has 0 aliphatic heterocycles. The summed E-state index contributed by atoms with van der Waals surface area (Å²) >= 11 is 0. The van der Waals surface area contributed by atoms with Gasteiger partial charge in [0.15, 0.2) is 0 Å². The zero-order valence-corrected chi connectivity index (χ0v) is 8.60. The van der Waals surface area contributed by atoms with Gasteiger partial charge in [-0.2, -0.15) is 0 Å². The lowest BCUT2D eigenvalue weighted by Gasteiger charge is -2.14. The molecule has 4 nitrogen and oxygen atoms in total. The van der Waals surface area contributed by atoms with E-state index in [9.17, 15) is 9.36 Å². The third-order valence-corrected chi connectivity index (χ3v) is 3.15. The summed E-state index contributed by atoms with van der Waals surface area (Å²) in [4.78, 5) is 10.8. The predicted octanol–water partition coefficient (Wildman–Crippen LogP) is 2.19. The van der Waals surface area contributed by atoms with Gasteiger partial charge in [-0.3, -0.25) is 4.79 Å². The normalized spacial score (nSPS) is 15.2. The lowest BCUT2D eigenvalue weighted by molar-refractivity contribution is -0.134. The van der Waals surface area contributed by atoms with E-state index in [1.165, 1.54) is 0 Å². The molecule has 0 spiro atoms. The van der Waals surface area contributed by atoms with E-state index in [1.54, 1.807) is 20.8 Å². The first-order chi connectivity index (χ1) is 5.58. The minimum absolute atomic E-state index is 0.219. The molecule has 0 aromatic rings. The maximum absolute atomic E-state index is 11.5. The van der Waals surface area contributed by atoms with Gasteiger partial charge in [0.2, 0.25) is 0 Å². The lowest BCUT2D eigenvalue weighted by Crippen LogP contribution is -2.04. The molecule has 0 fully saturated rings. The predicted molar refractivity (Wildman–Crippen MR) is 46.2 cm³/mol. The zero-order chi connectivity index (χ0) is 9.61. The summed E-state index contributed by atoms with van der Waals surface area (Å²) in [5.74, 6) is -0.478. The van der Waals surface area contributed by atoms with E-state index in [0.717, 1.165) is 0 Å².